The molecule has 0 atom stereocenters. The number of aromatic nitrogens is 1. The Morgan fingerprint density at radius 2 is 2.20 bits per heavy atom. The molecule has 1 aromatic carbocycles. The van der Waals surface area contributed by atoms with E-state index >= 15 is 0 Å². The number of methoxy groups -OCH3 is 1. The summed E-state index contributed by atoms with van der Waals surface area (Å²) in [5, 5.41) is 3.29. The fourth-order valence-electron chi connectivity index (χ4n) is 1.89. The molecule has 20 heavy (non-hydrogen) atoms. The largest absolute Gasteiger partial charge is 0.380 e. The molecule has 0 saturated carbocycles. The number of carbonyl (C=O) groups is 1. The minimum atomic E-state index is -0.145. The summed E-state index contributed by atoms with van der Waals surface area (Å²) >= 11 is 1.20. The molecule has 0 aliphatic heterocycles. The zero-order valence-corrected chi connectivity index (χ0v) is 12.3. The number of benzene rings is 1. The Morgan fingerprint density at radius 3 is 2.85 bits per heavy atom. The molecule has 0 bridgehead atoms. The van der Waals surface area contributed by atoms with Gasteiger partial charge in [0.2, 0.25) is 0 Å². The minimum Gasteiger partial charge on any atom is -0.380 e. The van der Waals surface area contributed by atoms with Crippen LogP contribution in [0.3, 0.4) is 0 Å². The second kappa shape index (κ2) is 6.49. The molecular weight excluding hydrogens is 274 g/mol. The molecule has 0 aliphatic carbocycles. The Morgan fingerprint density at radius 1 is 1.45 bits per heavy atom. The van der Waals surface area contributed by atoms with Crippen molar-refractivity contribution in [1.82, 2.24) is 10.3 Å². The maximum absolute atomic E-state index is 12.0. The number of aryl methyl sites for hydroxylation is 1. The monoisotopic (exact) mass is 291 g/mol. The first-order valence-electron chi connectivity index (χ1n) is 6.18. The van der Waals surface area contributed by atoms with Crippen LogP contribution in [0, 0.1) is 6.92 Å². The first-order chi connectivity index (χ1) is 9.60. The van der Waals surface area contributed by atoms with E-state index in [0.717, 1.165) is 11.1 Å². The van der Waals surface area contributed by atoms with Gasteiger partial charge in [-0.3, -0.25) is 4.79 Å². The number of nitrogen functional groups attached to an aromatic ring is 1. The van der Waals surface area contributed by atoms with Gasteiger partial charge in [-0.2, -0.15) is 0 Å². The number of nitrogens with zero attached hydrogens (tertiary/aromatic N) is 1. The molecule has 1 amide bonds. The number of nitrogens with one attached hydrogen (secondary N) is 1. The number of amides is 1. The van der Waals surface area contributed by atoms with E-state index in [2.05, 4.69) is 10.3 Å². The van der Waals surface area contributed by atoms with Crippen molar-refractivity contribution in [2.75, 3.05) is 12.8 Å². The Bertz CT molecular complexity index is 610. The molecule has 3 N–H and O–H groups in total. The van der Waals surface area contributed by atoms with Gasteiger partial charge in [0.25, 0.3) is 5.91 Å². The molecule has 1 aromatic heterocycles. The summed E-state index contributed by atoms with van der Waals surface area (Å²) in [7, 11) is 1.66. The van der Waals surface area contributed by atoms with E-state index in [4.69, 9.17) is 10.5 Å². The fourth-order valence-corrected chi connectivity index (χ4v) is 2.64. The quantitative estimate of drug-likeness (QED) is 0.884. The van der Waals surface area contributed by atoms with Crippen molar-refractivity contribution in [3.05, 3.63) is 46.0 Å². The maximum Gasteiger partial charge on any atom is 0.263 e. The van der Waals surface area contributed by atoms with Gasteiger partial charge in [0.05, 0.1) is 12.3 Å². The molecule has 0 saturated heterocycles. The number of anilines is 1. The first kappa shape index (κ1) is 14.5. The average Bonchev–Trinajstić information content (AvgIpc) is 2.76. The third kappa shape index (κ3) is 3.55. The Balaban J connectivity index is 1.99. The summed E-state index contributed by atoms with van der Waals surface area (Å²) in [6.07, 6.45) is 0. The number of hydrogen-bond acceptors (Lipinski definition) is 5. The van der Waals surface area contributed by atoms with E-state index < -0.39 is 0 Å². The van der Waals surface area contributed by atoms with Crippen LogP contribution in [0.1, 0.15) is 26.5 Å². The van der Waals surface area contributed by atoms with Crippen LogP contribution in [-0.2, 0) is 17.9 Å². The van der Waals surface area contributed by atoms with Gasteiger partial charge in [-0.25, -0.2) is 4.98 Å². The van der Waals surface area contributed by atoms with Crippen LogP contribution in [0.5, 0.6) is 0 Å². The summed E-state index contributed by atoms with van der Waals surface area (Å²) in [5.41, 5.74) is 8.37. The molecule has 0 aliphatic rings. The highest BCUT2D eigenvalue weighted by atomic mass is 32.1. The van der Waals surface area contributed by atoms with Crippen molar-refractivity contribution in [3.63, 3.8) is 0 Å². The zero-order chi connectivity index (χ0) is 14.5. The van der Waals surface area contributed by atoms with Crippen LogP contribution in [-0.4, -0.2) is 18.0 Å². The Kier molecular flexibility index (Phi) is 4.70. The predicted molar refractivity (Wildman–Crippen MR) is 79.6 cm³/mol. The first-order valence-corrected chi connectivity index (χ1v) is 6.99. The van der Waals surface area contributed by atoms with E-state index in [0.29, 0.717) is 28.9 Å². The standard InChI is InChI=1S/C14H17N3O2S/c1-9-12(20-14(15)17-9)13(18)16-7-10-4-3-5-11(6-10)8-19-2/h3-6H,7-8H2,1-2H3,(H2,15,17)(H,16,18). The predicted octanol–water partition coefficient (Wildman–Crippen LogP) is 2.11. The van der Waals surface area contributed by atoms with E-state index in [9.17, 15) is 4.79 Å². The smallest absolute Gasteiger partial charge is 0.263 e. The van der Waals surface area contributed by atoms with Gasteiger partial charge in [0.1, 0.15) is 4.88 Å². The molecule has 5 nitrogen and oxygen atoms in total. The fraction of sp³-hybridized carbons (Fsp3) is 0.286. The van der Waals surface area contributed by atoms with E-state index in [1.807, 2.05) is 24.3 Å². The highest BCUT2D eigenvalue weighted by molar-refractivity contribution is 7.17. The minimum absolute atomic E-state index is 0.145. The van der Waals surface area contributed by atoms with Gasteiger partial charge in [0, 0.05) is 13.7 Å². The number of hydrogen-bond donors (Lipinski definition) is 2. The summed E-state index contributed by atoms with van der Waals surface area (Å²) in [6, 6.07) is 7.92. The number of ether oxygens (including phenoxy) is 1. The zero-order valence-electron chi connectivity index (χ0n) is 11.5. The normalized spacial score (nSPS) is 10.5. The second-order valence-corrected chi connectivity index (χ2v) is 5.43. The second-order valence-electron chi connectivity index (χ2n) is 4.40. The van der Waals surface area contributed by atoms with Crippen molar-refractivity contribution >= 4 is 22.4 Å². The van der Waals surface area contributed by atoms with Crippen molar-refractivity contribution in [1.29, 1.82) is 0 Å². The van der Waals surface area contributed by atoms with Gasteiger partial charge in [-0.05, 0) is 18.1 Å². The molecule has 0 fully saturated rings. The maximum atomic E-state index is 12.0. The van der Waals surface area contributed by atoms with Crippen LogP contribution in [0.4, 0.5) is 5.13 Å². The average molecular weight is 291 g/mol. The van der Waals surface area contributed by atoms with Crippen molar-refractivity contribution < 1.29 is 9.53 Å². The van der Waals surface area contributed by atoms with Crippen LogP contribution in [0.15, 0.2) is 24.3 Å². The molecule has 0 spiro atoms. The molecule has 1 heterocycles. The number of rotatable bonds is 5. The lowest BCUT2D eigenvalue weighted by Gasteiger charge is -2.06. The lowest BCUT2D eigenvalue weighted by atomic mass is 10.1. The highest BCUT2D eigenvalue weighted by Gasteiger charge is 2.13. The van der Waals surface area contributed by atoms with Crippen molar-refractivity contribution in [2.24, 2.45) is 0 Å². The van der Waals surface area contributed by atoms with Gasteiger partial charge in [-0.1, -0.05) is 35.6 Å². The Labute approximate surface area is 121 Å². The Hall–Kier alpha value is -1.92. The van der Waals surface area contributed by atoms with Crippen LogP contribution in [0.2, 0.25) is 0 Å². The van der Waals surface area contributed by atoms with E-state index in [1.54, 1.807) is 14.0 Å². The summed E-state index contributed by atoms with van der Waals surface area (Å²) in [6.45, 7) is 2.81. The number of nitrogens with two attached hydrogens (primary N) is 1. The molecule has 0 radical (unpaired) electrons. The number of thiazole rings is 1. The van der Waals surface area contributed by atoms with Gasteiger partial charge < -0.3 is 15.8 Å². The molecule has 0 unspecified atom stereocenters. The topological polar surface area (TPSA) is 77.2 Å². The van der Waals surface area contributed by atoms with Crippen LogP contribution in [0.25, 0.3) is 0 Å². The van der Waals surface area contributed by atoms with Crippen LogP contribution >= 0.6 is 11.3 Å². The van der Waals surface area contributed by atoms with Crippen LogP contribution < -0.4 is 11.1 Å². The van der Waals surface area contributed by atoms with Gasteiger partial charge >= 0.3 is 0 Å². The summed E-state index contributed by atoms with van der Waals surface area (Å²) in [5.74, 6) is -0.145. The highest BCUT2D eigenvalue weighted by Crippen LogP contribution is 2.19. The lowest BCUT2D eigenvalue weighted by Crippen LogP contribution is -2.22. The van der Waals surface area contributed by atoms with Gasteiger partial charge in [0.15, 0.2) is 5.13 Å². The third-order valence-electron chi connectivity index (χ3n) is 2.77. The van der Waals surface area contributed by atoms with Gasteiger partial charge in [-0.15, -0.1) is 0 Å². The lowest BCUT2D eigenvalue weighted by molar-refractivity contribution is 0.0954. The van der Waals surface area contributed by atoms with Crippen molar-refractivity contribution in [3.8, 4) is 0 Å². The summed E-state index contributed by atoms with van der Waals surface area (Å²) < 4.78 is 5.09. The molecule has 6 heteroatoms. The van der Waals surface area contributed by atoms with E-state index in [-0.39, 0.29) is 5.91 Å². The molecule has 2 aromatic rings. The number of carbonyl (C=O) groups excluding carboxylic acids is 1. The van der Waals surface area contributed by atoms with E-state index in [1.165, 1.54) is 11.3 Å². The molecule has 106 valence electrons. The van der Waals surface area contributed by atoms with Crippen molar-refractivity contribution in [2.45, 2.75) is 20.1 Å². The summed E-state index contributed by atoms with van der Waals surface area (Å²) in [4.78, 5) is 16.7. The molecule has 2 rings (SSSR count). The third-order valence-corrected chi connectivity index (χ3v) is 3.76. The molecular formula is C14H17N3O2S. The SMILES string of the molecule is COCc1cccc(CNC(=O)c2sc(N)nc2C)c1.